The van der Waals surface area contributed by atoms with Gasteiger partial charge in [0.25, 0.3) is 11.8 Å². The molecule has 7 nitrogen and oxygen atoms in total. The lowest BCUT2D eigenvalue weighted by Crippen LogP contribution is -2.41. The van der Waals surface area contributed by atoms with Gasteiger partial charge in [-0.05, 0) is 44.0 Å². The van der Waals surface area contributed by atoms with Crippen LogP contribution in [-0.4, -0.2) is 36.1 Å². The molecule has 0 spiro atoms. The van der Waals surface area contributed by atoms with E-state index < -0.39 is 11.8 Å². The Labute approximate surface area is 184 Å². The first-order valence-electron chi connectivity index (χ1n) is 10.1. The fraction of sp³-hybridized carbons (Fsp3) is 0.261. The van der Waals surface area contributed by atoms with E-state index in [2.05, 4.69) is 15.8 Å². The Bertz CT molecular complexity index is 1040. The van der Waals surface area contributed by atoms with Crippen LogP contribution >= 0.6 is 11.3 Å². The van der Waals surface area contributed by atoms with E-state index in [4.69, 9.17) is 9.47 Å². The van der Waals surface area contributed by atoms with Gasteiger partial charge >= 0.3 is 0 Å². The maximum absolute atomic E-state index is 12.5. The van der Waals surface area contributed by atoms with E-state index in [-0.39, 0.29) is 6.10 Å². The van der Waals surface area contributed by atoms with Crippen molar-refractivity contribution in [2.24, 2.45) is 0 Å². The molecular formula is C23H23N3O4S. The number of aromatic nitrogens is 1. The second kappa shape index (κ2) is 9.72. The van der Waals surface area contributed by atoms with Crippen LogP contribution in [0.3, 0.4) is 0 Å². The van der Waals surface area contributed by atoms with Gasteiger partial charge in [-0.15, -0.1) is 11.3 Å². The number of hydrogen-bond acceptors (Lipinski definition) is 6. The molecule has 8 heteroatoms. The number of rotatable bonds is 6. The van der Waals surface area contributed by atoms with Gasteiger partial charge in [-0.25, -0.2) is 4.98 Å². The lowest BCUT2D eigenvalue weighted by Gasteiger charge is -2.12. The topological polar surface area (TPSA) is 89.6 Å². The standard InChI is InChI=1S/C23H23N3O4S/c1-15-20(31-23(24-15)17-6-3-2-4-7-17)22(28)26-25-21(27)16-9-11-18(12-10-16)30-14-19-8-5-13-29-19/h2-4,6-7,9-12,19H,5,8,13-14H2,1H3,(H,25,27)(H,26,28)/t19-/m0/s1. The molecule has 2 heterocycles. The molecule has 0 bridgehead atoms. The Morgan fingerprint density at radius 3 is 2.55 bits per heavy atom. The van der Waals surface area contributed by atoms with Crippen LogP contribution in [0, 0.1) is 6.92 Å². The van der Waals surface area contributed by atoms with Crippen LogP contribution in [0.1, 0.15) is 38.6 Å². The number of carbonyl (C=O) groups is 2. The molecule has 0 aliphatic carbocycles. The Hall–Kier alpha value is -3.23. The van der Waals surface area contributed by atoms with Crippen LogP contribution in [0.5, 0.6) is 5.75 Å². The predicted molar refractivity (Wildman–Crippen MR) is 118 cm³/mol. The van der Waals surface area contributed by atoms with E-state index in [0.717, 1.165) is 30.0 Å². The molecule has 0 saturated carbocycles. The third kappa shape index (κ3) is 5.28. The van der Waals surface area contributed by atoms with Gasteiger partial charge in [0.05, 0.1) is 11.8 Å². The van der Waals surface area contributed by atoms with Crippen LogP contribution in [-0.2, 0) is 4.74 Å². The minimum Gasteiger partial charge on any atom is -0.491 e. The summed E-state index contributed by atoms with van der Waals surface area (Å²) in [5.74, 6) is -0.142. The SMILES string of the molecule is Cc1nc(-c2ccccc2)sc1C(=O)NNC(=O)c1ccc(OC[C@@H]2CCCO2)cc1. The molecule has 2 amide bonds. The number of carbonyl (C=O) groups excluding carboxylic acids is 2. The summed E-state index contributed by atoms with van der Waals surface area (Å²) >= 11 is 1.28. The number of amides is 2. The van der Waals surface area contributed by atoms with Crippen LogP contribution in [0.15, 0.2) is 54.6 Å². The fourth-order valence-electron chi connectivity index (χ4n) is 3.22. The highest BCUT2D eigenvalue weighted by atomic mass is 32.1. The molecule has 0 unspecified atom stereocenters. The zero-order chi connectivity index (χ0) is 21.6. The molecule has 4 rings (SSSR count). The molecule has 3 aromatic rings. The van der Waals surface area contributed by atoms with Gasteiger partial charge in [-0.3, -0.25) is 20.4 Å². The van der Waals surface area contributed by atoms with Gasteiger partial charge < -0.3 is 9.47 Å². The van der Waals surface area contributed by atoms with Crippen LogP contribution in [0.4, 0.5) is 0 Å². The molecule has 2 aromatic carbocycles. The van der Waals surface area contributed by atoms with Crippen molar-refractivity contribution in [1.29, 1.82) is 0 Å². The summed E-state index contributed by atoms with van der Waals surface area (Å²) in [5.41, 5.74) is 6.88. The molecule has 160 valence electrons. The Balaban J connectivity index is 1.31. The first-order chi connectivity index (χ1) is 15.1. The highest BCUT2D eigenvalue weighted by molar-refractivity contribution is 7.17. The van der Waals surface area contributed by atoms with Gasteiger partial charge in [0, 0.05) is 17.7 Å². The zero-order valence-electron chi connectivity index (χ0n) is 17.1. The van der Waals surface area contributed by atoms with Crippen LogP contribution < -0.4 is 15.6 Å². The van der Waals surface area contributed by atoms with Crippen molar-refractivity contribution in [3.63, 3.8) is 0 Å². The number of hydrazine groups is 1. The predicted octanol–water partition coefficient (Wildman–Crippen LogP) is 3.75. The highest BCUT2D eigenvalue weighted by Gasteiger charge is 2.18. The quantitative estimate of drug-likeness (QED) is 0.574. The van der Waals surface area contributed by atoms with E-state index in [1.165, 1.54) is 11.3 Å². The van der Waals surface area contributed by atoms with E-state index in [1.807, 2.05) is 30.3 Å². The van der Waals surface area contributed by atoms with Gasteiger partial charge in [0.15, 0.2) is 0 Å². The minimum absolute atomic E-state index is 0.135. The molecule has 1 saturated heterocycles. The van der Waals surface area contributed by atoms with Crippen molar-refractivity contribution in [2.75, 3.05) is 13.2 Å². The summed E-state index contributed by atoms with van der Waals surface area (Å²) in [5, 5.41) is 0.758. The highest BCUT2D eigenvalue weighted by Crippen LogP contribution is 2.27. The summed E-state index contributed by atoms with van der Waals surface area (Å²) in [6.45, 7) is 3.06. The fourth-order valence-corrected chi connectivity index (χ4v) is 4.19. The first-order valence-corrected chi connectivity index (χ1v) is 10.9. The van der Waals surface area contributed by atoms with Crippen molar-refractivity contribution in [3.05, 3.63) is 70.7 Å². The van der Waals surface area contributed by atoms with Gasteiger partial charge in [0.1, 0.15) is 22.2 Å². The molecule has 0 radical (unpaired) electrons. The number of ether oxygens (including phenoxy) is 2. The van der Waals surface area contributed by atoms with Crippen molar-refractivity contribution < 1.29 is 19.1 Å². The molecule has 31 heavy (non-hydrogen) atoms. The second-order valence-electron chi connectivity index (χ2n) is 7.18. The number of thiazole rings is 1. The summed E-state index contributed by atoms with van der Waals surface area (Å²) < 4.78 is 11.2. The summed E-state index contributed by atoms with van der Waals surface area (Å²) in [7, 11) is 0. The second-order valence-corrected chi connectivity index (χ2v) is 8.18. The van der Waals surface area contributed by atoms with Crippen LogP contribution in [0.25, 0.3) is 10.6 Å². The lowest BCUT2D eigenvalue weighted by atomic mass is 10.2. The monoisotopic (exact) mass is 437 g/mol. The molecule has 1 atom stereocenters. The third-order valence-electron chi connectivity index (χ3n) is 4.89. The largest absolute Gasteiger partial charge is 0.491 e. The number of aryl methyl sites for hydroxylation is 1. The number of benzene rings is 2. The molecule has 2 N–H and O–H groups in total. The minimum atomic E-state index is -0.413. The average molecular weight is 438 g/mol. The van der Waals surface area contributed by atoms with E-state index in [9.17, 15) is 9.59 Å². The molecular weight excluding hydrogens is 414 g/mol. The van der Waals surface area contributed by atoms with E-state index in [0.29, 0.717) is 28.5 Å². The average Bonchev–Trinajstić information content (AvgIpc) is 3.46. The summed E-state index contributed by atoms with van der Waals surface area (Å²) in [6, 6.07) is 16.4. The van der Waals surface area contributed by atoms with E-state index >= 15 is 0 Å². The van der Waals surface area contributed by atoms with Crippen LogP contribution in [0.2, 0.25) is 0 Å². The smallest absolute Gasteiger partial charge is 0.281 e. The number of nitrogens with zero attached hydrogens (tertiary/aromatic N) is 1. The van der Waals surface area contributed by atoms with Gasteiger partial charge in [0.2, 0.25) is 0 Å². The molecule has 1 aromatic heterocycles. The normalized spacial score (nSPS) is 15.5. The summed E-state index contributed by atoms with van der Waals surface area (Å²) in [6.07, 6.45) is 2.20. The molecule has 1 aliphatic heterocycles. The number of nitrogens with one attached hydrogen (secondary N) is 2. The Kier molecular flexibility index (Phi) is 6.59. The lowest BCUT2D eigenvalue weighted by molar-refractivity contribution is 0.0679. The van der Waals surface area contributed by atoms with Crippen molar-refractivity contribution >= 4 is 23.2 Å². The zero-order valence-corrected chi connectivity index (χ0v) is 17.9. The van der Waals surface area contributed by atoms with Gasteiger partial charge in [-0.2, -0.15) is 0 Å². The van der Waals surface area contributed by atoms with E-state index in [1.54, 1.807) is 31.2 Å². The molecule has 1 aliphatic rings. The molecule has 1 fully saturated rings. The Morgan fingerprint density at radius 1 is 1.10 bits per heavy atom. The first kappa shape index (κ1) is 21.0. The maximum atomic E-state index is 12.5. The number of hydrogen-bond donors (Lipinski definition) is 2. The Morgan fingerprint density at radius 2 is 1.84 bits per heavy atom. The maximum Gasteiger partial charge on any atom is 0.281 e. The summed E-state index contributed by atoms with van der Waals surface area (Å²) in [4.78, 5) is 29.8. The van der Waals surface area contributed by atoms with Crippen molar-refractivity contribution in [2.45, 2.75) is 25.9 Å². The third-order valence-corrected chi connectivity index (χ3v) is 6.09. The van der Waals surface area contributed by atoms with Crippen molar-refractivity contribution in [3.8, 4) is 16.3 Å². The van der Waals surface area contributed by atoms with Gasteiger partial charge in [-0.1, -0.05) is 30.3 Å². The van der Waals surface area contributed by atoms with Crippen molar-refractivity contribution in [1.82, 2.24) is 15.8 Å².